The summed E-state index contributed by atoms with van der Waals surface area (Å²) in [6, 6.07) is 0. The molecule has 10 heteroatoms. The molecule has 0 spiro atoms. The molecule has 0 saturated heterocycles. The maximum atomic E-state index is 12.5. The van der Waals surface area contributed by atoms with Crippen molar-refractivity contribution in [3.63, 3.8) is 0 Å². The van der Waals surface area contributed by atoms with Crippen molar-refractivity contribution in [2.45, 2.75) is 59.4 Å². The largest absolute Gasteiger partial charge is 0.464 e. The zero-order valence-corrected chi connectivity index (χ0v) is 17.8. The van der Waals surface area contributed by atoms with Gasteiger partial charge in [0, 0.05) is 6.92 Å². The summed E-state index contributed by atoms with van der Waals surface area (Å²) < 4.78 is 32.9. The van der Waals surface area contributed by atoms with Crippen LogP contribution in [0, 0.1) is 0 Å². The highest BCUT2D eigenvalue weighted by molar-refractivity contribution is 7.53. The van der Waals surface area contributed by atoms with Gasteiger partial charge in [-0.05, 0) is 47.0 Å². The van der Waals surface area contributed by atoms with Crippen molar-refractivity contribution in [3.05, 3.63) is 0 Å². The predicted octanol–water partition coefficient (Wildman–Crippen LogP) is 2.42. The molecule has 0 aliphatic heterocycles. The van der Waals surface area contributed by atoms with Crippen molar-refractivity contribution in [2.24, 2.45) is 0 Å². The Morgan fingerprint density at radius 3 is 1.70 bits per heavy atom. The molecule has 0 radical (unpaired) electrons. The maximum Gasteiger partial charge on any atom is 0.343 e. The summed E-state index contributed by atoms with van der Waals surface area (Å²) in [4.78, 5) is 36.6. The van der Waals surface area contributed by atoms with Gasteiger partial charge in [0.05, 0.1) is 32.6 Å². The van der Waals surface area contributed by atoms with Gasteiger partial charge in [0.15, 0.2) is 0 Å². The molecule has 0 bridgehead atoms. The fraction of sp³-hybridized carbons (Fsp3) is 0.824. The topological polar surface area (TPSA) is 117 Å². The first-order valence-corrected chi connectivity index (χ1v) is 10.9. The Hall–Kier alpha value is -1.44. The van der Waals surface area contributed by atoms with Gasteiger partial charge in [-0.15, -0.1) is 0 Å². The molecule has 27 heavy (non-hydrogen) atoms. The van der Waals surface area contributed by atoms with Crippen LogP contribution in [0.1, 0.15) is 53.9 Å². The van der Waals surface area contributed by atoms with E-state index in [4.69, 9.17) is 18.5 Å². The summed E-state index contributed by atoms with van der Waals surface area (Å²) in [5.41, 5.74) is -1.93. The minimum absolute atomic E-state index is 0.0451. The molecule has 0 unspecified atom stereocenters. The lowest BCUT2D eigenvalue weighted by atomic mass is 9.92. The number of carbonyl (C=O) groups excluding carboxylic acids is 3. The smallest absolute Gasteiger partial charge is 0.343 e. The van der Waals surface area contributed by atoms with E-state index in [0.717, 1.165) is 0 Å². The van der Waals surface area contributed by atoms with Crippen LogP contribution < -0.4 is 5.32 Å². The average molecular weight is 409 g/mol. The monoisotopic (exact) mass is 409 g/mol. The average Bonchev–Trinajstić information content (AvgIpc) is 2.58. The lowest BCUT2D eigenvalue weighted by molar-refractivity contribution is -0.168. The van der Waals surface area contributed by atoms with Gasteiger partial charge in [-0.1, -0.05) is 0 Å². The molecule has 0 fully saturated rings. The number of unbranched alkanes of at least 4 members (excludes halogenated alkanes) is 1. The van der Waals surface area contributed by atoms with E-state index in [1.807, 2.05) is 0 Å². The normalized spacial score (nSPS) is 11.7. The van der Waals surface area contributed by atoms with Crippen molar-refractivity contribution >= 4 is 25.4 Å². The molecule has 1 amide bonds. The van der Waals surface area contributed by atoms with E-state index in [2.05, 4.69) is 5.32 Å². The number of ether oxygens (including phenoxy) is 2. The number of hydrogen-bond acceptors (Lipinski definition) is 8. The van der Waals surface area contributed by atoms with Crippen LogP contribution in [0.5, 0.6) is 0 Å². The van der Waals surface area contributed by atoms with Crippen LogP contribution in [0.2, 0.25) is 0 Å². The number of nitrogens with one attached hydrogen (secondary N) is 1. The maximum absolute atomic E-state index is 12.5. The van der Waals surface area contributed by atoms with E-state index >= 15 is 0 Å². The molecule has 9 nitrogen and oxygen atoms in total. The first-order chi connectivity index (χ1) is 12.7. The van der Waals surface area contributed by atoms with Crippen molar-refractivity contribution in [1.82, 2.24) is 5.32 Å². The van der Waals surface area contributed by atoms with Crippen LogP contribution in [-0.4, -0.2) is 56.0 Å². The SMILES string of the molecule is CCOC(=O)C(CCCCP(=O)(OCC)OCC)(NC(C)=O)C(=O)OCC. The highest BCUT2D eigenvalue weighted by Gasteiger charge is 2.49. The first-order valence-electron chi connectivity index (χ1n) is 9.22. The van der Waals surface area contributed by atoms with Crippen molar-refractivity contribution < 1.29 is 37.5 Å². The molecule has 0 aromatic carbocycles. The standard InChI is InChI=1S/C17H32NO8P/c1-6-23-15(20)17(18-14(5)19,16(21)24-7-2)12-10-11-13-27(22,25-8-3)26-9-4/h6-13H2,1-5H3,(H,18,19). The highest BCUT2D eigenvalue weighted by Crippen LogP contribution is 2.48. The van der Waals surface area contributed by atoms with E-state index in [1.54, 1.807) is 27.7 Å². The van der Waals surface area contributed by atoms with Gasteiger partial charge in [0.25, 0.3) is 0 Å². The molecule has 0 heterocycles. The van der Waals surface area contributed by atoms with Crippen LogP contribution >= 0.6 is 7.60 Å². The van der Waals surface area contributed by atoms with Gasteiger partial charge in [0.1, 0.15) is 0 Å². The molecule has 0 saturated carbocycles. The Morgan fingerprint density at radius 2 is 1.33 bits per heavy atom. The second kappa shape index (κ2) is 12.9. The number of amides is 1. The summed E-state index contributed by atoms with van der Waals surface area (Å²) in [6.07, 6.45) is 0.735. The Labute approximate surface area is 161 Å². The Bertz CT molecular complexity index is 509. The fourth-order valence-electron chi connectivity index (χ4n) is 2.52. The summed E-state index contributed by atoms with van der Waals surface area (Å²) in [5, 5.41) is 2.39. The van der Waals surface area contributed by atoms with Crippen LogP contribution in [0.15, 0.2) is 0 Å². The second-order valence-corrected chi connectivity index (χ2v) is 7.84. The minimum atomic E-state index is -3.22. The number of rotatable bonds is 14. The molecular weight excluding hydrogens is 377 g/mol. The quantitative estimate of drug-likeness (QED) is 0.201. The van der Waals surface area contributed by atoms with E-state index < -0.39 is 31.0 Å². The van der Waals surface area contributed by atoms with E-state index in [-0.39, 0.29) is 39.0 Å². The van der Waals surface area contributed by atoms with Crippen molar-refractivity contribution in [2.75, 3.05) is 32.6 Å². The Morgan fingerprint density at radius 1 is 0.852 bits per heavy atom. The van der Waals surface area contributed by atoms with E-state index in [0.29, 0.717) is 12.8 Å². The molecule has 0 atom stereocenters. The summed E-state index contributed by atoms with van der Waals surface area (Å²) in [6.45, 7) is 8.42. The van der Waals surface area contributed by atoms with Gasteiger partial charge in [-0.2, -0.15) is 0 Å². The van der Waals surface area contributed by atoms with Crippen molar-refractivity contribution in [3.8, 4) is 0 Å². The van der Waals surface area contributed by atoms with Gasteiger partial charge in [-0.25, -0.2) is 9.59 Å². The number of esters is 2. The molecule has 0 aliphatic rings. The molecule has 1 N–H and O–H groups in total. The number of hydrogen-bond donors (Lipinski definition) is 1. The van der Waals surface area contributed by atoms with Gasteiger partial charge < -0.3 is 23.8 Å². The third kappa shape index (κ3) is 8.41. The third-order valence-electron chi connectivity index (χ3n) is 3.52. The summed E-state index contributed by atoms with van der Waals surface area (Å²) >= 11 is 0. The van der Waals surface area contributed by atoms with Crippen LogP contribution in [0.25, 0.3) is 0 Å². The fourth-order valence-corrected chi connectivity index (χ4v) is 4.25. The predicted molar refractivity (Wildman–Crippen MR) is 99.4 cm³/mol. The van der Waals surface area contributed by atoms with Crippen LogP contribution in [0.3, 0.4) is 0 Å². The van der Waals surface area contributed by atoms with Crippen molar-refractivity contribution in [1.29, 1.82) is 0 Å². The zero-order valence-electron chi connectivity index (χ0n) is 16.9. The summed E-state index contributed by atoms with van der Waals surface area (Å²) in [5.74, 6) is -2.32. The molecule has 0 aliphatic carbocycles. The van der Waals surface area contributed by atoms with Crippen LogP contribution in [-0.2, 0) is 37.5 Å². The second-order valence-electron chi connectivity index (χ2n) is 5.65. The molecule has 0 aromatic rings. The summed E-state index contributed by atoms with van der Waals surface area (Å²) in [7, 11) is -3.22. The molecule has 0 rings (SSSR count). The van der Waals surface area contributed by atoms with E-state index in [9.17, 15) is 18.9 Å². The lowest BCUT2D eigenvalue weighted by Gasteiger charge is -2.29. The molecular formula is C17H32NO8P. The lowest BCUT2D eigenvalue weighted by Crippen LogP contribution is -2.61. The Balaban J connectivity index is 5.28. The number of carbonyl (C=O) groups is 3. The zero-order chi connectivity index (χ0) is 20.9. The van der Waals surface area contributed by atoms with Gasteiger partial charge in [-0.3, -0.25) is 9.36 Å². The Kier molecular flexibility index (Phi) is 12.2. The molecule has 0 aromatic heterocycles. The van der Waals surface area contributed by atoms with Crippen LogP contribution in [0.4, 0.5) is 0 Å². The van der Waals surface area contributed by atoms with E-state index in [1.165, 1.54) is 6.92 Å². The van der Waals surface area contributed by atoms with Gasteiger partial charge >= 0.3 is 19.5 Å². The first kappa shape index (κ1) is 25.6. The van der Waals surface area contributed by atoms with Gasteiger partial charge in [0.2, 0.25) is 11.4 Å². The molecule has 158 valence electrons. The third-order valence-corrected chi connectivity index (χ3v) is 5.69. The highest BCUT2D eigenvalue weighted by atomic mass is 31.2. The minimum Gasteiger partial charge on any atom is -0.464 e.